The minimum Gasteiger partial charge on any atom is -0.459 e. The number of esters is 1. The van der Waals surface area contributed by atoms with Crippen LogP contribution in [0.25, 0.3) is 0 Å². The van der Waals surface area contributed by atoms with Crippen molar-refractivity contribution in [2.75, 3.05) is 0 Å². The number of hydrogen-bond donors (Lipinski definition) is 4. The molecule has 4 aliphatic rings. The second kappa shape index (κ2) is 5.16. The Morgan fingerprint density at radius 3 is 2.35 bits per heavy atom. The van der Waals surface area contributed by atoms with Gasteiger partial charge in [0, 0.05) is 28.2 Å². The minimum absolute atomic E-state index is 0.128. The van der Waals surface area contributed by atoms with Crippen LogP contribution in [0.5, 0.6) is 0 Å². The predicted molar refractivity (Wildman–Crippen MR) is 88.6 cm³/mol. The van der Waals surface area contributed by atoms with E-state index in [-0.39, 0.29) is 17.9 Å². The van der Waals surface area contributed by atoms with Crippen LogP contribution in [0.3, 0.4) is 0 Å². The second-order valence-corrected chi connectivity index (χ2v) is 8.99. The van der Waals surface area contributed by atoms with Crippen molar-refractivity contribution in [3.05, 3.63) is 11.1 Å². The fourth-order valence-electron chi connectivity index (χ4n) is 6.78. The summed E-state index contributed by atoms with van der Waals surface area (Å²) >= 11 is 0. The molecule has 4 N–H and O–H groups in total. The van der Waals surface area contributed by atoms with Crippen molar-refractivity contribution in [2.45, 2.75) is 64.6 Å². The van der Waals surface area contributed by atoms with Crippen LogP contribution in [0.15, 0.2) is 11.1 Å². The minimum atomic E-state index is -1.48. The van der Waals surface area contributed by atoms with Crippen LogP contribution >= 0.6 is 0 Å². The molecule has 0 aromatic rings. The molecule has 2 saturated carbocycles. The molecule has 1 aliphatic heterocycles. The predicted octanol–water partition coefficient (Wildman–Crippen LogP) is -0.447. The average Bonchev–Trinajstić information content (AvgIpc) is 2.80. The maximum Gasteiger partial charge on any atom is 0.310 e. The lowest BCUT2D eigenvalue weighted by atomic mass is 9.40. The average molecular weight is 366 g/mol. The van der Waals surface area contributed by atoms with E-state index in [0.29, 0.717) is 5.57 Å². The Balaban J connectivity index is 2.01. The van der Waals surface area contributed by atoms with Crippen molar-refractivity contribution in [3.63, 3.8) is 0 Å². The number of fused-ring (bicyclic) bond motifs is 6. The lowest BCUT2D eigenvalue weighted by Gasteiger charge is -2.63. The summed E-state index contributed by atoms with van der Waals surface area (Å²) in [6.07, 6.45) is -5.65. The number of ether oxygens (including phenoxy) is 1. The number of rotatable bonds is 0. The van der Waals surface area contributed by atoms with Crippen LogP contribution in [0.2, 0.25) is 0 Å². The largest absolute Gasteiger partial charge is 0.459 e. The molecular weight excluding hydrogens is 340 g/mol. The molecule has 0 aromatic heterocycles. The first-order valence-corrected chi connectivity index (χ1v) is 9.16. The Bertz CT molecular complexity index is 729. The summed E-state index contributed by atoms with van der Waals surface area (Å²) in [5.74, 6) is -2.99. The van der Waals surface area contributed by atoms with Gasteiger partial charge in [-0.2, -0.15) is 0 Å². The Morgan fingerprint density at radius 1 is 1.12 bits per heavy atom. The third-order valence-corrected chi connectivity index (χ3v) is 7.76. The first-order chi connectivity index (χ1) is 12.0. The Morgan fingerprint density at radius 2 is 1.73 bits per heavy atom. The molecule has 10 unspecified atom stereocenters. The highest BCUT2D eigenvalue weighted by molar-refractivity contribution is 6.03. The highest BCUT2D eigenvalue weighted by Crippen LogP contribution is 2.66. The Labute approximate surface area is 151 Å². The zero-order valence-electron chi connectivity index (χ0n) is 15.3. The van der Waals surface area contributed by atoms with Crippen LogP contribution in [-0.2, 0) is 14.3 Å². The van der Waals surface area contributed by atoms with Crippen molar-refractivity contribution >= 4 is 11.8 Å². The van der Waals surface area contributed by atoms with E-state index in [1.807, 2.05) is 0 Å². The van der Waals surface area contributed by atoms with Crippen molar-refractivity contribution in [1.82, 2.24) is 0 Å². The third kappa shape index (κ3) is 1.73. The summed E-state index contributed by atoms with van der Waals surface area (Å²) in [4.78, 5) is 25.7. The number of aliphatic hydroxyl groups is 4. The van der Waals surface area contributed by atoms with Gasteiger partial charge in [-0.3, -0.25) is 9.59 Å². The monoisotopic (exact) mass is 366 g/mol. The highest BCUT2D eigenvalue weighted by atomic mass is 16.6. The number of hydrogen-bond acceptors (Lipinski definition) is 7. The molecular formula is C19H26O7. The second-order valence-electron chi connectivity index (χ2n) is 8.99. The van der Waals surface area contributed by atoms with Gasteiger partial charge in [-0.05, 0) is 13.3 Å². The van der Waals surface area contributed by atoms with E-state index in [1.54, 1.807) is 27.7 Å². The van der Waals surface area contributed by atoms with E-state index in [2.05, 4.69) is 0 Å². The Hall–Kier alpha value is -1.28. The van der Waals surface area contributed by atoms with Gasteiger partial charge in [0.05, 0.1) is 24.2 Å². The molecule has 4 rings (SSSR count). The number of carbonyl (C=O) groups excluding carboxylic acids is 2. The topological polar surface area (TPSA) is 124 Å². The molecule has 7 heteroatoms. The summed E-state index contributed by atoms with van der Waals surface area (Å²) in [5, 5.41) is 43.4. The molecule has 3 fully saturated rings. The van der Waals surface area contributed by atoms with Gasteiger partial charge in [0.15, 0.2) is 5.78 Å². The number of ketones is 1. The molecule has 10 atom stereocenters. The van der Waals surface area contributed by atoms with Crippen LogP contribution in [-0.4, -0.2) is 62.7 Å². The lowest BCUT2D eigenvalue weighted by Crippen LogP contribution is -2.72. The van der Waals surface area contributed by atoms with Gasteiger partial charge in [0.1, 0.15) is 12.2 Å². The Kier molecular flexibility index (Phi) is 3.59. The van der Waals surface area contributed by atoms with E-state index < -0.39 is 64.9 Å². The number of aliphatic hydroxyl groups excluding tert-OH is 4. The summed E-state index contributed by atoms with van der Waals surface area (Å²) < 4.78 is 5.39. The first-order valence-electron chi connectivity index (χ1n) is 9.16. The van der Waals surface area contributed by atoms with Crippen LogP contribution < -0.4 is 0 Å². The van der Waals surface area contributed by atoms with Crippen molar-refractivity contribution in [3.8, 4) is 0 Å². The molecule has 1 saturated heterocycles. The number of Topliss-reactive ketones (excluding diaryl/α,β-unsaturated/α-hetero) is 1. The fraction of sp³-hybridized carbons (Fsp3) is 0.789. The fourth-order valence-corrected chi connectivity index (χ4v) is 6.78. The highest BCUT2D eigenvalue weighted by Gasteiger charge is 2.75. The zero-order valence-corrected chi connectivity index (χ0v) is 15.3. The van der Waals surface area contributed by atoms with Gasteiger partial charge >= 0.3 is 5.97 Å². The van der Waals surface area contributed by atoms with Gasteiger partial charge in [-0.25, -0.2) is 0 Å². The molecule has 3 aliphatic carbocycles. The summed E-state index contributed by atoms with van der Waals surface area (Å²) in [6, 6.07) is 0. The lowest BCUT2D eigenvalue weighted by molar-refractivity contribution is -0.219. The van der Waals surface area contributed by atoms with Crippen molar-refractivity contribution < 1.29 is 34.8 Å². The molecule has 0 aromatic carbocycles. The van der Waals surface area contributed by atoms with E-state index in [1.165, 1.54) is 0 Å². The van der Waals surface area contributed by atoms with Gasteiger partial charge in [-0.1, -0.05) is 26.3 Å². The maximum atomic E-state index is 13.1. The molecule has 0 spiro atoms. The van der Waals surface area contributed by atoms with E-state index in [4.69, 9.17) is 4.74 Å². The maximum absolute atomic E-state index is 13.1. The third-order valence-electron chi connectivity index (χ3n) is 7.76. The normalized spacial score (nSPS) is 56.2. The van der Waals surface area contributed by atoms with Crippen molar-refractivity contribution in [2.24, 2.45) is 28.6 Å². The standard InChI is InChI=1S/C19H26O7/c1-6-5-8(20)15(23)18(3)9(6)11(21)16(24)19(4)10-7(2)13(26-17(10)25)12(22)14(18)19/h7-8,10,12-16,20,22-24H,5H2,1-4H3. The van der Waals surface area contributed by atoms with Gasteiger partial charge in [-0.15, -0.1) is 0 Å². The SMILES string of the molecule is CC1=C2C(=O)C(O)C3(C)C4C(=O)OC(C4C)C(O)C3C2(C)C(O)C(O)C1. The quantitative estimate of drug-likeness (QED) is 0.428. The van der Waals surface area contributed by atoms with E-state index in [9.17, 15) is 30.0 Å². The summed E-state index contributed by atoms with van der Waals surface area (Å²) in [5.41, 5.74) is -1.71. The van der Waals surface area contributed by atoms with Crippen LogP contribution in [0.4, 0.5) is 0 Å². The van der Waals surface area contributed by atoms with Gasteiger partial charge in [0.2, 0.25) is 0 Å². The van der Waals surface area contributed by atoms with Gasteiger partial charge < -0.3 is 25.2 Å². The zero-order chi connectivity index (χ0) is 19.3. The molecule has 2 bridgehead atoms. The molecule has 1 heterocycles. The molecule has 144 valence electrons. The summed E-state index contributed by atoms with van der Waals surface area (Å²) in [6.45, 7) is 6.74. The smallest absolute Gasteiger partial charge is 0.310 e. The molecule has 0 radical (unpaired) electrons. The van der Waals surface area contributed by atoms with Crippen molar-refractivity contribution in [1.29, 1.82) is 0 Å². The number of carbonyl (C=O) groups is 2. The molecule has 26 heavy (non-hydrogen) atoms. The molecule has 0 amide bonds. The molecule has 7 nitrogen and oxygen atoms in total. The van der Waals surface area contributed by atoms with E-state index >= 15 is 0 Å². The van der Waals surface area contributed by atoms with Gasteiger partial charge in [0.25, 0.3) is 0 Å². The summed E-state index contributed by atoms with van der Waals surface area (Å²) in [7, 11) is 0. The van der Waals surface area contributed by atoms with Crippen LogP contribution in [0.1, 0.15) is 34.1 Å². The van der Waals surface area contributed by atoms with Crippen LogP contribution in [0, 0.1) is 28.6 Å². The van der Waals surface area contributed by atoms with E-state index in [0.717, 1.165) is 0 Å². The first kappa shape index (κ1) is 18.1.